The first-order valence-corrected chi connectivity index (χ1v) is 10.5. The van der Waals surface area contributed by atoms with Gasteiger partial charge in [0.1, 0.15) is 6.33 Å². The fraction of sp³-hybridized carbons (Fsp3) is 0.440. The number of nitriles is 1. The van der Waals surface area contributed by atoms with Gasteiger partial charge in [-0.25, -0.2) is 4.98 Å². The van der Waals surface area contributed by atoms with Crippen molar-refractivity contribution in [1.29, 1.82) is 5.26 Å². The topological polar surface area (TPSA) is 44.9 Å². The number of piperidine rings is 1. The molecule has 0 spiro atoms. The van der Waals surface area contributed by atoms with Gasteiger partial charge in [0.05, 0.1) is 17.1 Å². The highest BCUT2D eigenvalue weighted by Gasteiger charge is 2.43. The molecule has 0 N–H and O–H groups in total. The molecule has 0 aliphatic carbocycles. The highest BCUT2D eigenvalue weighted by molar-refractivity contribution is 5.77. The Kier molecular flexibility index (Phi) is 5.19. The third-order valence-electron chi connectivity index (χ3n) is 6.90. The van der Waals surface area contributed by atoms with E-state index in [9.17, 15) is 5.26 Å². The van der Waals surface area contributed by atoms with Crippen molar-refractivity contribution in [2.75, 3.05) is 13.1 Å². The van der Waals surface area contributed by atoms with Crippen LogP contribution in [0.1, 0.15) is 45.6 Å². The van der Waals surface area contributed by atoms with Gasteiger partial charge < -0.3 is 0 Å². The summed E-state index contributed by atoms with van der Waals surface area (Å²) in [7, 11) is 0. The predicted octanol–water partition coefficient (Wildman–Crippen LogP) is 5.57. The van der Waals surface area contributed by atoms with E-state index in [1.165, 1.54) is 5.56 Å². The smallest absolute Gasteiger partial charge is 0.100 e. The summed E-state index contributed by atoms with van der Waals surface area (Å²) in [6.45, 7) is 9.97. The summed E-state index contributed by atoms with van der Waals surface area (Å²) in [4.78, 5) is 7.02. The molecule has 0 amide bonds. The second kappa shape index (κ2) is 7.65. The number of likely N-dealkylation sites (tertiary alicyclic amines) is 1. The minimum Gasteiger partial charge on any atom is -0.299 e. The molecule has 2 aromatic carbocycles. The Labute approximate surface area is 173 Å². The van der Waals surface area contributed by atoms with Crippen molar-refractivity contribution >= 4 is 11.0 Å². The van der Waals surface area contributed by atoms with Crippen LogP contribution in [0.4, 0.5) is 0 Å². The molecule has 0 atom stereocenters. The first-order valence-electron chi connectivity index (χ1n) is 10.5. The van der Waals surface area contributed by atoms with Crippen LogP contribution in [-0.4, -0.2) is 27.5 Å². The summed E-state index contributed by atoms with van der Waals surface area (Å²) in [5.41, 5.74) is 4.94. The van der Waals surface area contributed by atoms with E-state index in [1.807, 2.05) is 18.5 Å². The standard InChI is InChI=1S/C25H30N4/c1-24(2,3)25(12-15-26)13-16-28(17-14-25)18-20-8-10-21(11-9-20)29-19-27-22-6-4-5-7-23(22)29/h4-11,19H,12-14,16-18H2,1-3H3. The maximum absolute atomic E-state index is 9.35. The Bertz CT molecular complexity index is 1010. The molecule has 1 aliphatic heterocycles. The number of hydrogen-bond donors (Lipinski definition) is 0. The second-order valence-corrected chi connectivity index (χ2v) is 9.41. The number of hydrogen-bond acceptors (Lipinski definition) is 3. The monoisotopic (exact) mass is 386 g/mol. The second-order valence-electron chi connectivity index (χ2n) is 9.41. The molecule has 1 fully saturated rings. The number of aromatic nitrogens is 2. The molecule has 1 saturated heterocycles. The summed E-state index contributed by atoms with van der Waals surface area (Å²) in [5, 5.41) is 9.35. The van der Waals surface area contributed by atoms with Crippen LogP contribution in [-0.2, 0) is 6.54 Å². The van der Waals surface area contributed by atoms with Crippen LogP contribution in [0.5, 0.6) is 0 Å². The van der Waals surface area contributed by atoms with E-state index in [-0.39, 0.29) is 10.8 Å². The van der Waals surface area contributed by atoms with Gasteiger partial charge in [-0.3, -0.25) is 9.47 Å². The molecule has 4 heteroatoms. The fourth-order valence-electron chi connectivity index (χ4n) is 4.67. The molecule has 29 heavy (non-hydrogen) atoms. The highest BCUT2D eigenvalue weighted by atomic mass is 15.1. The number of para-hydroxylation sites is 2. The van der Waals surface area contributed by atoms with Crippen molar-refractivity contribution in [3.8, 4) is 11.8 Å². The van der Waals surface area contributed by atoms with Crippen LogP contribution in [0.25, 0.3) is 16.7 Å². The summed E-state index contributed by atoms with van der Waals surface area (Å²) < 4.78 is 2.14. The van der Waals surface area contributed by atoms with E-state index in [2.05, 4.69) is 77.7 Å². The van der Waals surface area contributed by atoms with Crippen molar-refractivity contribution in [2.24, 2.45) is 10.8 Å². The van der Waals surface area contributed by atoms with Gasteiger partial charge in [-0.15, -0.1) is 0 Å². The summed E-state index contributed by atoms with van der Waals surface area (Å²) in [5.74, 6) is 0. The lowest BCUT2D eigenvalue weighted by atomic mass is 9.60. The largest absolute Gasteiger partial charge is 0.299 e. The van der Waals surface area contributed by atoms with Gasteiger partial charge in [0.25, 0.3) is 0 Å². The van der Waals surface area contributed by atoms with E-state index < -0.39 is 0 Å². The van der Waals surface area contributed by atoms with E-state index in [0.29, 0.717) is 6.42 Å². The third kappa shape index (κ3) is 3.80. The molecule has 0 unspecified atom stereocenters. The molecule has 4 rings (SSSR count). The lowest BCUT2D eigenvalue weighted by molar-refractivity contribution is 0.00711. The van der Waals surface area contributed by atoms with Gasteiger partial charge in [-0.2, -0.15) is 5.26 Å². The van der Waals surface area contributed by atoms with Crippen molar-refractivity contribution < 1.29 is 0 Å². The summed E-state index contributed by atoms with van der Waals surface area (Å²) in [6, 6.07) is 19.5. The van der Waals surface area contributed by atoms with Gasteiger partial charge in [-0.1, -0.05) is 45.0 Å². The minimum absolute atomic E-state index is 0.143. The Hall–Kier alpha value is -2.64. The zero-order valence-corrected chi connectivity index (χ0v) is 17.7. The Morgan fingerprint density at radius 3 is 2.38 bits per heavy atom. The predicted molar refractivity (Wildman–Crippen MR) is 118 cm³/mol. The third-order valence-corrected chi connectivity index (χ3v) is 6.90. The summed E-state index contributed by atoms with van der Waals surface area (Å²) in [6.07, 6.45) is 4.76. The molecule has 0 bridgehead atoms. The maximum atomic E-state index is 9.35. The normalized spacial score (nSPS) is 17.3. The van der Waals surface area contributed by atoms with Gasteiger partial charge in [-0.05, 0) is 66.6 Å². The van der Waals surface area contributed by atoms with Crippen molar-refractivity contribution in [3.05, 3.63) is 60.4 Å². The van der Waals surface area contributed by atoms with Crippen LogP contribution in [0, 0.1) is 22.2 Å². The first kappa shape index (κ1) is 19.7. The molecular weight excluding hydrogens is 356 g/mol. The number of benzene rings is 2. The van der Waals surface area contributed by atoms with Crippen LogP contribution >= 0.6 is 0 Å². The fourth-order valence-corrected chi connectivity index (χ4v) is 4.67. The molecule has 1 aliphatic rings. The van der Waals surface area contributed by atoms with Gasteiger partial charge in [0.15, 0.2) is 0 Å². The maximum Gasteiger partial charge on any atom is 0.100 e. The van der Waals surface area contributed by atoms with E-state index in [4.69, 9.17) is 0 Å². The van der Waals surface area contributed by atoms with Gasteiger partial charge in [0.2, 0.25) is 0 Å². The lowest BCUT2D eigenvalue weighted by Gasteiger charge is -2.49. The van der Waals surface area contributed by atoms with E-state index in [1.54, 1.807) is 0 Å². The summed E-state index contributed by atoms with van der Waals surface area (Å²) >= 11 is 0. The quantitative estimate of drug-likeness (QED) is 0.589. The van der Waals surface area contributed by atoms with Crippen LogP contribution in [0.3, 0.4) is 0 Å². The highest BCUT2D eigenvalue weighted by Crippen LogP contribution is 2.49. The molecule has 0 radical (unpaired) electrons. The van der Waals surface area contributed by atoms with E-state index in [0.717, 1.165) is 49.2 Å². The first-order chi connectivity index (χ1) is 13.9. The molecule has 4 nitrogen and oxygen atoms in total. The van der Waals surface area contributed by atoms with Gasteiger partial charge in [0, 0.05) is 18.7 Å². The van der Waals surface area contributed by atoms with Crippen molar-refractivity contribution in [2.45, 2.75) is 46.6 Å². The van der Waals surface area contributed by atoms with Crippen LogP contribution < -0.4 is 0 Å². The van der Waals surface area contributed by atoms with Crippen LogP contribution in [0.15, 0.2) is 54.9 Å². The zero-order chi connectivity index (χ0) is 20.5. The number of nitrogens with zero attached hydrogens (tertiary/aromatic N) is 4. The minimum atomic E-state index is 0.143. The molecule has 1 aromatic heterocycles. The SMILES string of the molecule is CC(C)(C)C1(CC#N)CCN(Cc2ccc(-n3cnc4ccccc43)cc2)CC1. The Morgan fingerprint density at radius 1 is 1.03 bits per heavy atom. The molecule has 0 saturated carbocycles. The Balaban J connectivity index is 1.43. The average molecular weight is 387 g/mol. The molecule has 3 aromatic rings. The number of rotatable bonds is 4. The molecular formula is C25H30N4. The average Bonchev–Trinajstić information content (AvgIpc) is 3.14. The van der Waals surface area contributed by atoms with Crippen molar-refractivity contribution in [1.82, 2.24) is 14.5 Å². The molecule has 150 valence electrons. The molecule has 2 heterocycles. The lowest BCUT2D eigenvalue weighted by Crippen LogP contribution is -2.46. The zero-order valence-electron chi connectivity index (χ0n) is 17.7. The number of fused-ring (bicyclic) bond motifs is 1. The number of imidazole rings is 1. The van der Waals surface area contributed by atoms with Gasteiger partial charge >= 0.3 is 0 Å². The Morgan fingerprint density at radius 2 is 1.72 bits per heavy atom. The van der Waals surface area contributed by atoms with Crippen LogP contribution in [0.2, 0.25) is 0 Å². The van der Waals surface area contributed by atoms with Crippen molar-refractivity contribution in [3.63, 3.8) is 0 Å². The van der Waals surface area contributed by atoms with E-state index >= 15 is 0 Å².